The summed E-state index contributed by atoms with van der Waals surface area (Å²) in [6.45, 7) is 7.91. The van der Waals surface area contributed by atoms with E-state index in [0.717, 1.165) is 29.3 Å². The van der Waals surface area contributed by atoms with E-state index in [4.69, 9.17) is 4.74 Å². The van der Waals surface area contributed by atoms with E-state index in [1.165, 1.54) is 10.7 Å². The zero-order chi connectivity index (χ0) is 24.2. The van der Waals surface area contributed by atoms with E-state index < -0.39 is 11.5 Å². The van der Waals surface area contributed by atoms with Gasteiger partial charge in [0.1, 0.15) is 11.2 Å². The summed E-state index contributed by atoms with van der Waals surface area (Å²) in [5.41, 5.74) is 0.771. The number of aromatic nitrogens is 2. The summed E-state index contributed by atoms with van der Waals surface area (Å²) < 4.78 is 7.28. The number of anilines is 1. The number of benzene rings is 1. The molecule has 2 unspecified atom stereocenters. The van der Waals surface area contributed by atoms with Crippen LogP contribution in [0.2, 0.25) is 0 Å². The van der Waals surface area contributed by atoms with Gasteiger partial charge in [-0.25, -0.2) is 4.79 Å². The normalized spacial score (nSPS) is 18.6. The molecule has 2 amide bonds. The monoisotopic (exact) mass is 566 g/mol. The van der Waals surface area contributed by atoms with Crippen LogP contribution in [0.4, 0.5) is 5.69 Å². The predicted molar refractivity (Wildman–Crippen MR) is 135 cm³/mol. The Morgan fingerprint density at radius 1 is 1.27 bits per heavy atom. The number of alkyl halides is 1. The molecule has 8 nitrogen and oxygen atoms in total. The predicted octanol–water partition coefficient (Wildman–Crippen LogP) is 4.11. The number of nitrogens with one attached hydrogen (secondary N) is 1. The number of hydrogen-bond acceptors (Lipinski definition) is 5. The van der Waals surface area contributed by atoms with Gasteiger partial charge in [0.05, 0.1) is 13.2 Å². The average Bonchev–Trinajstić information content (AvgIpc) is 3.23. The number of carbonyl (C=O) groups is 3. The van der Waals surface area contributed by atoms with Crippen LogP contribution in [-0.4, -0.2) is 45.8 Å². The summed E-state index contributed by atoms with van der Waals surface area (Å²) in [5.74, 6) is -1.21. The van der Waals surface area contributed by atoms with Crippen molar-refractivity contribution in [1.82, 2.24) is 15.1 Å². The Balaban J connectivity index is 2.09. The molecule has 0 fully saturated rings. The van der Waals surface area contributed by atoms with Crippen LogP contribution in [0.15, 0.2) is 30.3 Å². The van der Waals surface area contributed by atoms with Crippen molar-refractivity contribution < 1.29 is 19.1 Å². The van der Waals surface area contributed by atoms with Gasteiger partial charge >= 0.3 is 5.97 Å². The topological polar surface area (TPSA) is 93.5 Å². The van der Waals surface area contributed by atoms with Gasteiger partial charge in [-0.2, -0.15) is 5.10 Å². The molecule has 0 bridgehead atoms. The van der Waals surface area contributed by atoms with Crippen molar-refractivity contribution in [3.05, 3.63) is 47.3 Å². The first kappa shape index (κ1) is 25.2. The van der Waals surface area contributed by atoms with Gasteiger partial charge in [-0.15, -0.1) is 0 Å². The molecule has 9 heteroatoms. The number of hydrogen-bond donors (Lipinski definition) is 1. The second-order valence-electron chi connectivity index (χ2n) is 8.38. The number of esters is 1. The lowest BCUT2D eigenvalue weighted by Crippen LogP contribution is -2.65. The molecular formula is C24H31IN4O4. The van der Waals surface area contributed by atoms with E-state index in [1.54, 1.807) is 18.7 Å². The maximum Gasteiger partial charge on any atom is 0.358 e. The standard InChI is InChI=1S/C24H31IN4O4/c1-5-9-17(6-2)26-23(32)24(4)15-28-20(13-19(27-28)22(31)33-7-3)21(30)29(24)18-11-8-10-16(12-18)14-25/h8,10-13,17H,5-7,9,14-15H2,1-4H3,(H,26,32). The van der Waals surface area contributed by atoms with Crippen LogP contribution in [-0.2, 0) is 20.5 Å². The van der Waals surface area contributed by atoms with Crippen LogP contribution in [0.3, 0.4) is 0 Å². The zero-order valence-corrected chi connectivity index (χ0v) is 21.7. The number of ether oxygens (including phenoxy) is 1. The van der Waals surface area contributed by atoms with Gasteiger partial charge in [-0.05, 0) is 44.4 Å². The fraction of sp³-hybridized carbons (Fsp3) is 0.500. The highest BCUT2D eigenvalue weighted by Gasteiger charge is 2.49. The van der Waals surface area contributed by atoms with Crippen LogP contribution in [0.1, 0.15) is 73.5 Å². The van der Waals surface area contributed by atoms with Crippen molar-refractivity contribution in [2.24, 2.45) is 0 Å². The van der Waals surface area contributed by atoms with E-state index in [0.29, 0.717) is 5.69 Å². The van der Waals surface area contributed by atoms with Gasteiger partial charge < -0.3 is 10.1 Å². The largest absolute Gasteiger partial charge is 0.461 e. The van der Waals surface area contributed by atoms with Crippen molar-refractivity contribution in [3.8, 4) is 0 Å². The summed E-state index contributed by atoms with van der Waals surface area (Å²) in [4.78, 5) is 41.2. The third-order valence-electron chi connectivity index (χ3n) is 5.92. The number of nitrogens with zero attached hydrogens (tertiary/aromatic N) is 3. The molecule has 0 spiro atoms. The Hall–Kier alpha value is -2.43. The molecule has 0 saturated carbocycles. The summed E-state index contributed by atoms with van der Waals surface area (Å²) >= 11 is 2.27. The molecule has 2 aromatic rings. The minimum atomic E-state index is -1.23. The first-order valence-corrected chi connectivity index (χ1v) is 12.9. The van der Waals surface area contributed by atoms with Crippen molar-refractivity contribution in [1.29, 1.82) is 0 Å². The average molecular weight is 566 g/mol. The van der Waals surface area contributed by atoms with E-state index >= 15 is 0 Å². The highest BCUT2D eigenvalue weighted by molar-refractivity contribution is 14.1. The van der Waals surface area contributed by atoms with Gasteiger partial charge in [-0.1, -0.05) is 55.0 Å². The molecule has 2 atom stereocenters. The maximum atomic E-state index is 13.7. The molecule has 2 heterocycles. The molecule has 0 saturated heterocycles. The molecule has 1 aliphatic rings. The van der Waals surface area contributed by atoms with Crippen LogP contribution in [0.5, 0.6) is 0 Å². The highest BCUT2D eigenvalue weighted by atomic mass is 127. The highest BCUT2D eigenvalue weighted by Crippen LogP contribution is 2.34. The van der Waals surface area contributed by atoms with Gasteiger partial charge in [0, 0.05) is 22.2 Å². The summed E-state index contributed by atoms with van der Waals surface area (Å²) in [7, 11) is 0. The summed E-state index contributed by atoms with van der Waals surface area (Å²) in [6.07, 6.45) is 2.60. The smallest absolute Gasteiger partial charge is 0.358 e. The number of halogens is 1. The second-order valence-corrected chi connectivity index (χ2v) is 9.14. The molecule has 1 aliphatic heterocycles. The first-order valence-electron chi connectivity index (χ1n) is 11.3. The minimum Gasteiger partial charge on any atom is -0.461 e. The molecule has 1 N–H and O–H groups in total. The molecule has 1 aromatic carbocycles. The molecular weight excluding hydrogens is 535 g/mol. The third kappa shape index (κ3) is 5.07. The number of fused-ring (bicyclic) bond motifs is 1. The molecule has 0 radical (unpaired) electrons. The minimum absolute atomic E-state index is 0.0195. The van der Waals surface area contributed by atoms with Crippen molar-refractivity contribution in [3.63, 3.8) is 0 Å². The van der Waals surface area contributed by atoms with E-state index in [9.17, 15) is 14.4 Å². The Morgan fingerprint density at radius 2 is 2.03 bits per heavy atom. The van der Waals surface area contributed by atoms with E-state index in [1.807, 2.05) is 31.2 Å². The number of amides is 2. The fourth-order valence-electron chi connectivity index (χ4n) is 4.14. The molecule has 33 heavy (non-hydrogen) atoms. The first-order chi connectivity index (χ1) is 15.8. The lowest BCUT2D eigenvalue weighted by molar-refractivity contribution is -0.127. The van der Waals surface area contributed by atoms with Gasteiger partial charge in [0.25, 0.3) is 5.91 Å². The maximum absolute atomic E-state index is 13.7. The Morgan fingerprint density at radius 3 is 2.67 bits per heavy atom. The zero-order valence-electron chi connectivity index (χ0n) is 19.6. The van der Waals surface area contributed by atoms with Crippen LogP contribution < -0.4 is 10.2 Å². The van der Waals surface area contributed by atoms with Crippen molar-refractivity contribution in [2.45, 2.75) is 69.5 Å². The third-order valence-corrected chi connectivity index (χ3v) is 6.80. The lowest BCUT2D eigenvalue weighted by atomic mass is 9.93. The molecule has 1 aromatic heterocycles. The van der Waals surface area contributed by atoms with Crippen LogP contribution in [0.25, 0.3) is 0 Å². The summed E-state index contributed by atoms with van der Waals surface area (Å²) in [6, 6.07) is 9.10. The van der Waals surface area contributed by atoms with Gasteiger partial charge in [0.15, 0.2) is 5.69 Å². The fourth-order valence-corrected chi connectivity index (χ4v) is 4.61. The van der Waals surface area contributed by atoms with Crippen LogP contribution >= 0.6 is 22.6 Å². The number of carbonyl (C=O) groups excluding carboxylic acids is 3. The SMILES string of the molecule is CCCC(CC)NC(=O)C1(C)Cn2nc(C(=O)OCC)cc2C(=O)N1c1cccc(CI)c1. The van der Waals surface area contributed by atoms with Gasteiger partial charge in [0.2, 0.25) is 5.91 Å². The Bertz CT molecular complexity index is 1040. The van der Waals surface area contributed by atoms with E-state index in [2.05, 4.69) is 39.9 Å². The van der Waals surface area contributed by atoms with Crippen molar-refractivity contribution in [2.75, 3.05) is 11.5 Å². The summed E-state index contributed by atoms with van der Waals surface area (Å²) in [5, 5.41) is 7.45. The lowest BCUT2D eigenvalue weighted by Gasteiger charge is -2.43. The number of rotatable bonds is 9. The Kier molecular flexibility index (Phi) is 8.14. The molecule has 178 valence electrons. The van der Waals surface area contributed by atoms with Crippen LogP contribution in [0, 0.1) is 0 Å². The van der Waals surface area contributed by atoms with Gasteiger partial charge in [-0.3, -0.25) is 19.2 Å². The van der Waals surface area contributed by atoms with E-state index in [-0.39, 0.29) is 42.4 Å². The molecule has 0 aliphatic carbocycles. The molecule has 3 rings (SSSR count). The second kappa shape index (κ2) is 10.7. The van der Waals surface area contributed by atoms with Crippen molar-refractivity contribution >= 4 is 46.1 Å². The quantitative estimate of drug-likeness (QED) is 0.280. The Labute approximate surface area is 208 Å².